The molecule has 2 aromatic rings. The van der Waals surface area contributed by atoms with Crippen LogP contribution in [-0.2, 0) is 19.6 Å². The third-order valence-corrected chi connectivity index (χ3v) is 3.46. The van der Waals surface area contributed by atoms with Crippen molar-refractivity contribution >= 4 is 0 Å². The largest absolute Gasteiger partial charge is 0.485 e. The highest BCUT2D eigenvalue weighted by Crippen LogP contribution is 2.21. The van der Waals surface area contributed by atoms with Gasteiger partial charge in [-0.2, -0.15) is 0 Å². The van der Waals surface area contributed by atoms with Gasteiger partial charge in [-0.05, 0) is 30.9 Å². The van der Waals surface area contributed by atoms with E-state index in [1.165, 1.54) is 12.8 Å². The smallest absolute Gasteiger partial charge is 0.174 e. The molecule has 1 saturated carbocycles. The van der Waals surface area contributed by atoms with Crippen LogP contribution in [0, 0.1) is 0 Å². The van der Waals surface area contributed by atoms with Gasteiger partial charge in [0.05, 0.1) is 5.69 Å². The average molecular weight is 284 g/mol. The Labute approximate surface area is 124 Å². The fourth-order valence-electron chi connectivity index (χ4n) is 2.16. The lowest BCUT2D eigenvalue weighted by Gasteiger charge is -2.08. The number of hydrogen-bond acceptors (Lipinski definition) is 4. The summed E-state index contributed by atoms with van der Waals surface area (Å²) in [6.45, 7) is 4.93. The monoisotopic (exact) mass is 284 g/mol. The zero-order valence-electron chi connectivity index (χ0n) is 12.0. The molecular formula is C17H20N2O2. The van der Waals surface area contributed by atoms with Crippen molar-refractivity contribution in [2.45, 2.75) is 38.5 Å². The van der Waals surface area contributed by atoms with Crippen molar-refractivity contribution in [2.75, 3.05) is 0 Å². The van der Waals surface area contributed by atoms with Crippen LogP contribution in [0.25, 0.3) is 0 Å². The molecule has 110 valence electrons. The average Bonchev–Trinajstić information content (AvgIpc) is 3.23. The normalized spacial score (nSPS) is 14.1. The van der Waals surface area contributed by atoms with Crippen LogP contribution in [0.3, 0.4) is 0 Å². The van der Waals surface area contributed by atoms with Gasteiger partial charge in [0, 0.05) is 18.7 Å². The van der Waals surface area contributed by atoms with E-state index in [1.54, 1.807) is 0 Å². The summed E-state index contributed by atoms with van der Waals surface area (Å²) in [7, 11) is 0. The summed E-state index contributed by atoms with van der Waals surface area (Å²) in [6.07, 6.45) is 5.21. The molecule has 0 bridgehead atoms. The molecule has 1 N–H and O–H groups in total. The number of nitrogens with zero attached hydrogens (tertiary/aromatic N) is 1. The van der Waals surface area contributed by atoms with Gasteiger partial charge in [0.15, 0.2) is 5.76 Å². The zero-order chi connectivity index (χ0) is 14.5. The fraction of sp³-hybridized carbons (Fsp3) is 0.353. The highest BCUT2D eigenvalue weighted by atomic mass is 16.5. The van der Waals surface area contributed by atoms with Crippen LogP contribution >= 0.6 is 0 Å². The molecule has 0 saturated heterocycles. The first-order chi connectivity index (χ1) is 10.3. The molecule has 4 heteroatoms. The van der Waals surface area contributed by atoms with E-state index in [0.29, 0.717) is 12.6 Å². The molecule has 1 aliphatic rings. The van der Waals surface area contributed by atoms with Crippen LogP contribution in [0.5, 0.6) is 5.75 Å². The first kappa shape index (κ1) is 13.9. The highest BCUT2D eigenvalue weighted by molar-refractivity contribution is 5.34. The van der Waals surface area contributed by atoms with E-state index in [4.69, 9.17) is 9.26 Å². The number of nitrogens with one attached hydrogen (secondary N) is 1. The van der Waals surface area contributed by atoms with E-state index < -0.39 is 0 Å². The molecule has 4 nitrogen and oxygen atoms in total. The van der Waals surface area contributed by atoms with E-state index in [-0.39, 0.29) is 0 Å². The lowest BCUT2D eigenvalue weighted by Crippen LogP contribution is -2.15. The molecule has 0 atom stereocenters. The Hall–Kier alpha value is -2.07. The third kappa shape index (κ3) is 3.95. The van der Waals surface area contributed by atoms with E-state index in [1.807, 2.05) is 36.4 Å². The topological polar surface area (TPSA) is 47.3 Å². The van der Waals surface area contributed by atoms with E-state index in [2.05, 4.69) is 17.1 Å². The second-order valence-electron chi connectivity index (χ2n) is 5.33. The maximum atomic E-state index is 5.83. The maximum absolute atomic E-state index is 5.83. The van der Waals surface area contributed by atoms with E-state index in [0.717, 1.165) is 35.7 Å². The van der Waals surface area contributed by atoms with Crippen molar-refractivity contribution in [3.8, 4) is 5.75 Å². The summed E-state index contributed by atoms with van der Waals surface area (Å²) in [6, 6.07) is 10.6. The van der Waals surface area contributed by atoms with Gasteiger partial charge in [0.1, 0.15) is 12.4 Å². The molecule has 21 heavy (non-hydrogen) atoms. The van der Waals surface area contributed by atoms with Crippen molar-refractivity contribution in [3.63, 3.8) is 0 Å². The summed E-state index contributed by atoms with van der Waals surface area (Å²) in [5, 5.41) is 7.46. The Morgan fingerprint density at radius 1 is 1.38 bits per heavy atom. The third-order valence-electron chi connectivity index (χ3n) is 3.46. The Kier molecular flexibility index (Phi) is 4.36. The quantitative estimate of drug-likeness (QED) is 0.756. The molecular weight excluding hydrogens is 264 g/mol. The lowest BCUT2D eigenvalue weighted by atomic mass is 10.1. The Morgan fingerprint density at radius 2 is 2.24 bits per heavy atom. The molecule has 1 aromatic heterocycles. The van der Waals surface area contributed by atoms with Crippen LogP contribution in [0.2, 0.25) is 0 Å². The molecule has 1 heterocycles. The van der Waals surface area contributed by atoms with Crippen LogP contribution in [0.15, 0.2) is 47.5 Å². The van der Waals surface area contributed by atoms with Crippen molar-refractivity contribution in [1.29, 1.82) is 0 Å². The lowest BCUT2D eigenvalue weighted by molar-refractivity contribution is 0.247. The molecule has 0 amide bonds. The van der Waals surface area contributed by atoms with E-state index in [9.17, 15) is 0 Å². The maximum Gasteiger partial charge on any atom is 0.174 e. The van der Waals surface area contributed by atoms with Crippen LogP contribution in [0.4, 0.5) is 0 Å². The predicted octanol–water partition coefficient (Wildman–Crippen LogP) is 3.23. The molecule has 0 aliphatic heterocycles. The minimum Gasteiger partial charge on any atom is -0.485 e. The Morgan fingerprint density at radius 3 is 3.05 bits per heavy atom. The zero-order valence-corrected chi connectivity index (χ0v) is 12.0. The summed E-state index contributed by atoms with van der Waals surface area (Å²) in [4.78, 5) is 0. The summed E-state index contributed by atoms with van der Waals surface area (Å²) in [5.74, 6) is 1.61. The number of rotatable bonds is 8. The Balaban J connectivity index is 1.55. The number of allylic oxidation sites excluding steroid dienone is 1. The van der Waals surface area contributed by atoms with Gasteiger partial charge in [-0.3, -0.25) is 0 Å². The molecule has 1 fully saturated rings. The summed E-state index contributed by atoms with van der Waals surface area (Å²) < 4.78 is 11.1. The first-order valence-electron chi connectivity index (χ1n) is 7.34. The van der Waals surface area contributed by atoms with E-state index >= 15 is 0 Å². The fourth-order valence-corrected chi connectivity index (χ4v) is 2.16. The first-order valence-corrected chi connectivity index (χ1v) is 7.34. The second kappa shape index (κ2) is 6.59. The van der Waals surface area contributed by atoms with Gasteiger partial charge >= 0.3 is 0 Å². The number of ether oxygens (including phenoxy) is 1. The number of benzene rings is 1. The van der Waals surface area contributed by atoms with Crippen molar-refractivity contribution in [2.24, 2.45) is 0 Å². The molecule has 0 spiro atoms. The Bertz CT molecular complexity index is 602. The van der Waals surface area contributed by atoms with Gasteiger partial charge in [-0.25, -0.2) is 0 Å². The summed E-state index contributed by atoms with van der Waals surface area (Å²) >= 11 is 0. The minimum absolute atomic E-state index is 0.393. The number of para-hydroxylation sites is 1. The van der Waals surface area contributed by atoms with Crippen molar-refractivity contribution < 1.29 is 9.26 Å². The van der Waals surface area contributed by atoms with Gasteiger partial charge < -0.3 is 14.6 Å². The standard InChI is InChI=1S/C17H20N2O2/c1-2-5-13-6-3-4-7-17(13)20-12-16-10-15(19-21-16)11-18-14-8-9-14/h2-4,6-7,10,14,18H,1,5,8-9,11-12H2. The molecule has 0 radical (unpaired) electrons. The number of aromatic nitrogens is 1. The summed E-state index contributed by atoms with van der Waals surface area (Å²) in [5.41, 5.74) is 2.06. The number of hydrogen-bond donors (Lipinski definition) is 1. The predicted molar refractivity (Wildman–Crippen MR) is 81.0 cm³/mol. The van der Waals surface area contributed by atoms with Gasteiger partial charge in [0.25, 0.3) is 0 Å². The minimum atomic E-state index is 0.393. The van der Waals surface area contributed by atoms with Gasteiger partial charge in [-0.1, -0.05) is 29.4 Å². The molecule has 1 aliphatic carbocycles. The molecule has 3 rings (SSSR count). The molecule has 1 aromatic carbocycles. The van der Waals surface area contributed by atoms with Crippen LogP contribution in [0.1, 0.15) is 29.9 Å². The van der Waals surface area contributed by atoms with Gasteiger partial charge in [-0.15, -0.1) is 6.58 Å². The van der Waals surface area contributed by atoms with Gasteiger partial charge in [0.2, 0.25) is 0 Å². The SMILES string of the molecule is C=CCc1ccccc1OCc1cc(CNC2CC2)no1. The molecule has 0 unspecified atom stereocenters. The second-order valence-corrected chi connectivity index (χ2v) is 5.33. The van der Waals surface area contributed by atoms with Crippen molar-refractivity contribution in [3.05, 3.63) is 60.0 Å². The van der Waals surface area contributed by atoms with Crippen LogP contribution < -0.4 is 10.1 Å². The van der Waals surface area contributed by atoms with Crippen molar-refractivity contribution in [1.82, 2.24) is 10.5 Å². The highest BCUT2D eigenvalue weighted by Gasteiger charge is 2.20. The van der Waals surface area contributed by atoms with Crippen LogP contribution in [-0.4, -0.2) is 11.2 Å².